The van der Waals surface area contributed by atoms with Gasteiger partial charge in [-0.05, 0) is 83.9 Å². The van der Waals surface area contributed by atoms with E-state index in [1.165, 1.54) is 0 Å². The summed E-state index contributed by atoms with van der Waals surface area (Å²) in [6.07, 6.45) is 0. The predicted octanol–water partition coefficient (Wildman–Crippen LogP) is 12.2. The van der Waals surface area contributed by atoms with Crippen LogP contribution in [-0.2, 0) is 0 Å². The maximum Gasteiger partial charge on any atom is 0.208 e. The summed E-state index contributed by atoms with van der Waals surface area (Å²) in [4.78, 5) is 0. The Labute approximate surface area is 308 Å². The van der Waals surface area contributed by atoms with Gasteiger partial charge in [0.15, 0.2) is 11.5 Å². The monoisotopic (exact) mass is 702 g/mol. The quantitative estimate of drug-likeness (QED) is 0.0708. The molecule has 0 fully saturated rings. The fourth-order valence-corrected chi connectivity index (χ4v) is 8.23. The first-order chi connectivity index (χ1) is 26.4. The molecule has 0 spiro atoms. The second-order valence-electron chi connectivity index (χ2n) is 13.5. The fourth-order valence-electron chi connectivity index (χ4n) is 8.23. The molecule has 6 nitrogen and oxygen atoms in total. The van der Waals surface area contributed by atoms with E-state index in [2.05, 4.69) is 72.8 Å². The van der Waals surface area contributed by atoms with Crippen molar-refractivity contribution in [1.29, 1.82) is 0 Å². The summed E-state index contributed by atoms with van der Waals surface area (Å²) in [5.74, 6) is -4.32. The average molecular weight is 703 g/mol. The van der Waals surface area contributed by atoms with E-state index in [0.29, 0.717) is 16.3 Å². The number of phenolic OH excluding ortho intramolecular Hbond substituents is 5. The highest BCUT2D eigenvalue weighted by Crippen LogP contribution is 2.58. The first-order valence-corrected chi connectivity index (χ1v) is 17.6. The van der Waals surface area contributed by atoms with E-state index < -0.39 is 28.7 Å². The summed E-state index contributed by atoms with van der Waals surface area (Å²) in [5, 5.41) is 60.7. The molecule has 0 aliphatic heterocycles. The summed E-state index contributed by atoms with van der Waals surface area (Å²) in [7, 11) is 0. The van der Waals surface area contributed by atoms with E-state index >= 15 is 0 Å². The summed E-state index contributed by atoms with van der Waals surface area (Å²) < 4.78 is 6.48. The second kappa shape index (κ2) is 11.8. The van der Waals surface area contributed by atoms with Gasteiger partial charge in [0.25, 0.3) is 0 Å². The molecular formula is C48H30O6. The lowest BCUT2D eigenvalue weighted by Gasteiger charge is -2.21. The van der Waals surface area contributed by atoms with Crippen LogP contribution in [0.5, 0.6) is 28.7 Å². The number of fused-ring (bicyclic) bond motifs is 6. The van der Waals surface area contributed by atoms with Crippen molar-refractivity contribution < 1.29 is 29.9 Å². The minimum Gasteiger partial charge on any atom is -0.504 e. The Kier molecular flexibility index (Phi) is 6.84. The van der Waals surface area contributed by atoms with Gasteiger partial charge in [-0.1, -0.05) is 133 Å². The molecule has 0 atom stereocenters. The smallest absolute Gasteiger partial charge is 0.208 e. The highest BCUT2D eigenvalue weighted by atomic mass is 16.4. The zero-order valence-corrected chi connectivity index (χ0v) is 28.6. The minimum atomic E-state index is -0.999. The van der Waals surface area contributed by atoms with Gasteiger partial charge in [0.1, 0.15) is 11.2 Å². The molecule has 0 saturated heterocycles. The number of hydrogen-bond acceptors (Lipinski definition) is 6. The van der Waals surface area contributed by atoms with Gasteiger partial charge >= 0.3 is 0 Å². The number of benzene rings is 9. The van der Waals surface area contributed by atoms with Crippen LogP contribution >= 0.6 is 0 Å². The topological polar surface area (TPSA) is 114 Å². The molecule has 258 valence electrons. The van der Waals surface area contributed by atoms with Crippen molar-refractivity contribution >= 4 is 54.3 Å². The highest BCUT2D eigenvalue weighted by Gasteiger charge is 2.28. The second-order valence-corrected chi connectivity index (χ2v) is 13.5. The normalized spacial score (nSPS) is 11.7. The SMILES string of the molecule is Oc1c(O)c(O)c(-c2c3ccccc3c(-c3cccc4c(-c5cccc6oc7cc(-c8ccccc8)ccc7c56)cccc34)c3ccccc23)c(O)c1O. The lowest BCUT2D eigenvalue weighted by Crippen LogP contribution is -1.93. The van der Waals surface area contributed by atoms with Gasteiger partial charge in [0.05, 0.1) is 5.56 Å². The standard InChI is InChI=1S/C48H30O6/c49-44-43(45(50)47(52)48(53)46(44)51)42-35-15-6-4-13-33(35)40(34-14-5-7-16-36(34)42)31-20-9-17-28-29(31)18-8-19-30(28)32-21-10-22-38-41(32)37-24-23-27(25-39(37)54-38)26-11-2-1-3-12-26/h1-25,49-53H. The van der Waals surface area contributed by atoms with Crippen LogP contribution in [0.3, 0.4) is 0 Å². The van der Waals surface area contributed by atoms with Gasteiger partial charge in [0.2, 0.25) is 17.2 Å². The van der Waals surface area contributed by atoms with Crippen LogP contribution in [0.25, 0.3) is 98.8 Å². The molecule has 6 heteroatoms. The first-order valence-electron chi connectivity index (χ1n) is 17.6. The average Bonchev–Trinajstić information content (AvgIpc) is 3.60. The Balaban J connectivity index is 1.24. The molecule has 5 N–H and O–H groups in total. The summed E-state index contributed by atoms with van der Waals surface area (Å²) in [5.41, 5.74) is 8.12. The highest BCUT2D eigenvalue weighted by molar-refractivity contribution is 6.25. The number of aromatic hydroxyl groups is 5. The Morgan fingerprint density at radius 1 is 0.296 bits per heavy atom. The van der Waals surface area contributed by atoms with Crippen LogP contribution in [-0.4, -0.2) is 25.5 Å². The molecule has 10 aromatic rings. The number of hydrogen-bond donors (Lipinski definition) is 5. The van der Waals surface area contributed by atoms with Crippen LogP contribution in [0.15, 0.2) is 156 Å². The predicted molar refractivity (Wildman–Crippen MR) is 216 cm³/mol. The largest absolute Gasteiger partial charge is 0.504 e. The Morgan fingerprint density at radius 2 is 0.796 bits per heavy atom. The van der Waals surface area contributed by atoms with Gasteiger partial charge in [-0.2, -0.15) is 0 Å². The van der Waals surface area contributed by atoms with Crippen LogP contribution in [0.1, 0.15) is 0 Å². The summed E-state index contributed by atoms with van der Waals surface area (Å²) in [6, 6.07) is 50.8. The maximum atomic E-state index is 11.1. The molecule has 1 aromatic heterocycles. The van der Waals surface area contributed by atoms with E-state index in [1.807, 2.05) is 78.9 Å². The maximum absolute atomic E-state index is 11.1. The van der Waals surface area contributed by atoms with Crippen LogP contribution in [0.4, 0.5) is 0 Å². The van der Waals surface area contributed by atoms with E-state index in [1.54, 1.807) is 0 Å². The van der Waals surface area contributed by atoms with Crippen molar-refractivity contribution in [1.82, 2.24) is 0 Å². The van der Waals surface area contributed by atoms with Gasteiger partial charge in [-0.25, -0.2) is 0 Å². The molecule has 0 saturated carbocycles. The first kappa shape index (κ1) is 31.3. The molecule has 10 rings (SSSR count). The molecular weight excluding hydrogens is 673 g/mol. The van der Waals surface area contributed by atoms with Crippen molar-refractivity contribution in [2.24, 2.45) is 0 Å². The number of furan rings is 1. The van der Waals surface area contributed by atoms with E-state index in [0.717, 1.165) is 76.9 Å². The summed E-state index contributed by atoms with van der Waals surface area (Å²) in [6.45, 7) is 0. The zero-order chi connectivity index (χ0) is 36.7. The van der Waals surface area contributed by atoms with E-state index in [-0.39, 0.29) is 5.56 Å². The molecule has 0 bridgehead atoms. The third kappa shape index (κ3) is 4.47. The van der Waals surface area contributed by atoms with Crippen molar-refractivity contribution in [3.63, 3.8) is 0 Å². The zero-order valence-electron chi connectivity index (χ0n) is 28.6. The molecule has 0 aliphatic rings. The number of phenols is 5. The van der Waals surface area contributed by atoms with E-state index in [4.69, 9.17) is 4.42 Å². The lowest BCUT2D eigenvalue weighted by molar-refractivity contribution is 0.330. The molecule has 0 aliphatic carbocycles. The molecule has 0 amide bonds. The van der Waals surface area contributed by atoms with Gasteiger partial charge in [0, 0.05) is 16.3 Å². The Bertz CT molecular complexity index is 3070. The molecule has 54 heavy (non-hydrogen) atoms. The van der Waals surface area contributed by atoms with Crippen LogP contribution in [0.2, 0.25) is 0 Å². The van der Waals surface area contributed by atoms with Crippen molar-refractivity contribution in [3.05, 3.63) is 152 Å². The molecule has 0 unspecified atom stereocenters. The summed E-state index contributed by atoms with van der Waals surface area (Å²) >= 11 is 0. The van der Waals surface area contributed by atoms with Crippen molar-refractivity contribution in [3.8, 4) is 73.3 Å². The van der Waals surface area contributed by atoms with Crippen LogP contribution in [0, 0.1) is 0 Å². The van der Waals surface area contributed by atoms with Gasteiger partial charge < -0.3 is 29.9 Å². The van der Waals surface area contributed by atoms with Crippen LogP contribution < -0.4 is 0 Å². The van der Waals surface area contributed by atoms with E-state index in [9.17, 15) is 25.5 Å². The fraction of sp³-hybridized carbons (Fsp3) is 0. The minimum absolute atomic E-state index is 0.182. The lowest BCUT2D eigenvalue weighted by atomic mass is 9.83. The Hall–Kier alpha value is -7.44. The Morgan fingerprint density at radius 3 is 1.44 bits per heavy atom. The molecule has 9 aromatic carbocycles. The third-order valence-corrected chi connectivity index (χ3v) is 10.6. The molecule has 1 heterocycles. The third-order valence-electron chi connectivity index (χ3n) is 10.6. The van der Waals surface area contributed by atoms with Gasteiger partial charge in [-0.3, -0.25) is 0 Å². The van der Waals surface area contributed by atoms with Crippen molar-refractivity contribution in [2.45, 2.75) is 0 Å². The molecule has 0 radical (unpaired) electrons. The van der Waals surface area contributed by atoms with Crippen molar-refractivity contribution in [2.75, 3.05) is 0 Å². The van der Waals surface area contributed by atoms with Gasteiger partial charge in [-0.15, -0.1) is 0 Å². The number of rotatable bonds is 4.